The summed E-state index contributed by atoms with van der Waals surface area (Å²) in [4.78, 5) is 22.9. The van der Waals surface area contributed by atoms with Gasteiger partial charge in [-0.2, -0.15) is 5.26 Å². The summed E-state index contributed by atoms with van der Waals surface area (Å²) in [7, 11) is 1.62. The molecule has 0 bridgehead atoms. The van der Waals surface area contributed by atoms with Gasteiger partial charge in [-0.3, -0.25) is 14.9 Å². The molecule has 0 saturated carbocycles. The zero-order valence-electron chi connectivity index (χ0n) is 9.79. The minimum absolute atomic E-state index is 0.125. The quantitative estimate of drug-likeness (QED) is 0.617. The van der Waals surface area contributed by atoms with Crippen molar-refractivity contribution in [3.63, 3.8) is 0 Å². The zero-order valence-corrected chi connectivity index (χ0v) is 9.79. The van der Waals surface area contributed by atoms with Crippen LogP contribution < -0.4 is 10.6 Å². The molecule has 0 unspecified atom stereocenters. The Hall–Kier alpha value is -2.62. The number of nitriles is 1. The van der Waals surface area contributed by atoms with E-state index in [4.69, 9.17) is 11.0 Å². The largest absolute Gasteiger partial charge is 0.368 e. The summed E-state index contributed by atoms with van der Waals surface area (Å²) >= 11 is 0. The first-order chi connectivity index (χ1) is 8.47. The van der Waals surface area contributed by atoms with Crippen LogP contribution in [0.25, 0.3) is 0 Å². The van der Waals surface area contributed by atoms with Crippen molar-refractivity contribution < 1.29 is 9.72 Å². The molecule has 2 N–H and O–H groups in total. The molecule has 0 atom stereocenters. The molecule has 0 aliphatic rings. The molecule has 0 heterocycles. The van der Waals surface area contributed by atoms with E-state index in [1.807, 2.05) is 6.07 Å². The number of hydrogen-bond acceptors (Lipinski definition) is 5. The smallest absolute Gasteiger partial charge is 0.292 e. The van der Waals surface area contributed by atoms with Crippen molar-refractivity contribution in [2.24, 2.45) is 5.73 Å². The van der Waals surface area contributed by atoms with Crippen LogP contribution in [0.1, 0.15) is 16.8 Å². The molecule has 0 saturated heterocycles. The number of nitrogens with two attached hydrogens (primary N) is 1. The summed E-state index contributed by atoms with van der Waals surface area (Å²) in [6.07, 6.45) is 0.231. The molecule has 7 nitrogen and oxygen atoms in total. The molecule has 1 aromatic rings. The average molecular weight is 248 g/mol. The molecule has 18 heavy (non-hydrogen) atoms. The van der Waals surface area contributed by atoms with Crippen LogP contribution >= 0.6 is 0 Å². The molecule has 1 amide bonds. The standard InChI is InChI=1S/C11H12N4O3/c1-14(6-2-5-12)10-7-8(11(13)16)3-4-9(10)15(17)18/h3-4,7H,2,6H2,1H3,(H2,13,16). The van der Waals surface area contributed by atoms with Crippen molar-refractivity contribution in [2.45, 2.75) is 6.42 Å². The van der Waals surface area contributed by atoms with Crippen molar-refractivity contribution in [2.75, 3.05) is 18.5 Å². The molecule has 1 aromatic carbocycles. The third-order valence-electron chi connectivity index (χ3n) is 2.43. The number of carbonyl (C=O) groups excluding carboxylic acids is 1. The number of nitro benzene ring substituents is 1. The van der Waals surface area contributed by atoms with Gasteiger partial charge in [-0.1, -0.05) is 0 Å². The number of anilines is 1. The fourth-order valence-corrected chi connectivity index (χ4v) is 1.47. The van der Waals surface area contributed by atoms with Crippen LogP contribution in [-0.4, -0.2) is 24.4 Å². The summed E-state index contributed by atoms with van der Waals surface area (Å²) in [6, 6.07) is 5.85. The third kappa shape index (κ3) is 2.95. The van der Waals surface area contributed by atoms with E-state index in [9.17, 15) is 14.9 Å². The zero-order chi connectivity index (χ0) is 13.7. The van der Waals surface area contributed by atoms with Crippen LogP contribution in [0.3, 0.4) is 0 Å². The molecule has 0 fully saturated rings. The first kappa shape index (κ1) is 13.4. The average Bonchev–Trinajstić information content (AvgIpc) is 2.34. The van der Waals surface area contributed by atoms with Crippen molar-refractivity contribution in [1.82, 2.24) is 0 Å². The van der Waals surface area contributed by atoms with E-state index in [1.54, 1.807) is 11.9 Å². The van der Waals surface area contributed by atoms with Crippen molar-refractivity contribution >= 4 is 17.3 Å². The normalized spacial score (nSPS) is 9.56. The van der Waals surface area contributed by atoms with Gasteiger partial charge in [-0.25, -0.2) is 0 Å². The lowest BCUT2D eigenvalue weighted by molar-refractivity contribution is -0.384. The highest BCUT2D eigenvalue weighted by Crippen LogP contribution is 2.28. The van der Waals surface area contributed by atoms with E-state index in [2.05, 4.69) is 0 Å². The number of hydrogen-bond donors (Lipinski definition) is 1. The van der Waals surface area contributed by atoms with Gasteiger partial charge < -0.3 is 10.6 Å². The Morgan fingerprint density at radius 3 is 2.78 bits per heavy atom. The first-order valence-electron chi connectivity index (χ1n) is 5.13. The summed E-state index contributed by atoms with van der Waals surface area (Å²) < 4.78 is 0. The number of primary amides is 1. The third-order valence-corrected chi connectivity index (χ3v) is 2.43. The maximum absolute atomic E-state index is 11.1. The van der Waals surface area contributed by atoms with Gasteiger partial charge in [-0.05, 0) is 12.1 Å². The molecule has 1 rings (SSSR count). The second-order valence-electron chi connectivity index (χ2n) is 3.65. The number of benzene rings is 1. The number of rotatable bonds is 5. The van der Waals surface area contributed by atoms with Crippen LogP contribution in [0.2, 0.25) is 0 Å². The Kier molecular flexibility index (Phi) is 4.21. The van der Waals surface area contributed by atoms with Crippen LogP contribution in [0.5, 0.6) is 0 Å². The molecule has 94 valence electrons. The second kappa shape index (κ2) is 5.63. The Morgan fingerprint density at radius 1 is 1.61 bits per heavy atom. The van der Waals surface area contributed by atoms with Gasteiger partial charge in [0.25, 0.3) is 5.69 Å². The van der Waals surface area contributed by atoms with Crippen molar-refractivity contribution in [1.29, 1.82) is 5.26 Å². The fourth-order valence-electron chi connectivity index (χ4n) is 1.47. The molecule has 0 radical (unpaired) electrons. The fraction of sp³-hybridized carbons (Fsp3) is 0.273. The van der Waals surface area contributed by atoms with Crippen LogP contribution in [0.15, 0.2) is 18.2 Å². The van der Waals surface area contributed by atoms with Crippen LogP contribution in [0, 0.1) is 21.4 Å². The number of nitro groups is 1. The second-order valence-corrected chi connectivity index (χ2v) is 3.65. The highest BCUT2D eigenvalue weighted by molar-refractivity contribution is 5.94. The molecule has 0 spiro atoms. The number of amides is 1. The molecular formula is C11H12N4O3. The molecule has 0 aliphatic carbocycles. The van der Waals surface area contributed by atoms with Gasteiger partial charge in [-0.15, -0.1) is 0 Å². The Balaban J connectivity index is 3.19. The molecule has 0 aromatic heterocycles. The monoisotopic (exact) mass is 248 g/mol. The highest BCUT2D eigenvalue weighted by Gasteiger charge is 2.18. The molecule has 7 heteroatoms. The highest BCUT2D eigenvalue weighted by atomic mass is 16.6. The van der Waals surface area contributed by atoms with E-state index >= 15 is 0 Å². The lowest BCUT2D eigenvalue weighted by Gasteiger charge is -2.18. The van der Waals surface area contributed by atoms with E-state index in [-0.39, 0.29) is 23.4 Å². The van der Waals surface area contributed by atoms with Gasteiger partial charge in [0.2, 0.25) is 5.91 Å². The van der Waals surface area contributed by atoms with E-state index in [1.165, 1.54) is 18.2 Å². The van der Waals surface area contributed by atoms with Gasteiger partial charge in [0.05, 0.1) is 17.4 Å². The summed E-state index contributed by atoms with van der Waals surface area (Å²) in [6.45, 7) is 0.333. The Labute approximate surface area is 104 Å². The van der Waals surface area contributed by atoms with Crippen molar-refractivity contribution in [3.8, 4) is 6.07 Å². The maximum atomic E-state index is 11.1. The van der Waals surface area contributed by atoms with Gasteiger partial charge in [0.1, 0.15) is 5.69 Å². The predicted octanol–water partition coefficient (Wildman–Crippen LogP) is 1.04. The summed E-state index contributed by atoms with van der Waals surface area (Å²) in [5.41, 5.74) is 5.47. The van der Waals surface area contributed by atoms with Crippen LogP contribution in [0.4, 0.5) is 11.4 Å². The SMILES string of the molecule is CN(CCC#N)c1cc(C(N)=O)ccc1[N+](=O)[O-]. The van der Waals surface area contributed by atoms with Crippen LogP contribution in [-0.2, 0) is 0 Å². The van der Waals surface area contributed by atoms with Gasteiger partial charge in [0, 0.05) is 25.2 Å². The first-order valence-corrected chi connectivity index (χ1v) is 5.13. The summed E-state index contributed by atoms with van der Waals surface area (Å²) in [5, 5.41) is 19.4. The van der Waals surface area contributed by atoms with Gasteiger partial charge >= 0.3 is 0 Å². The minimum atomic E-state index is -0.653. The lowest BCUT2D eigenvalue weighted by atomic mass is 10.1. The topological polar surface area (TPSA) is 113 Å². The van der Waals surface area contributed by atoms with Crippen molar-refractivity contribution in [3.05, 3.63) is 33.9 Å². The van der Waals surface area contributed by atoms with E-state index in [0.717, 1.165) is 0 Å². The Morgan fingerprint density at radius 2 is 2.28 bits per heavy atom. The maximum Gasteiger partial charge on any atom is 0.292 e. The van der Waals surface area contributed by atoms with E-state index in [0.29, 0.717) is 6.54 Å². The van der Waals surface area contributed by atoms with Gasteiger partial charge in [0.15, 0.2) is 0 Å². The molecule has 0 aliphatic heterocycles. The predicted molar refractivity (Wildman–Crippen MR) is 65.1 cm³/mol. The molecular weight excluding hydrogens is 236 g/mol. The lowest BCUT2D eigenvalue weighted by Crippen LogP contribution is -2.20. The van der Waals surface area contributed by atoms with E-state index < -0.39 is 10.8 Å². The number of nitrogens with zero attached hydrogens (tertiary/aromatic N) is 3. The Bertz CT molecular complexity index is 522. The summed E-state index contributed by atoms with van der Waals surface area (Å²) in [5.74, 6) is -0.653. The minimum Gasteiger partial charge on any atom is -0.368 e. The number of carbonyl (C=O) groups is 1.